The summed E-state index contributed by atoms with van der Waals surface area (Å²) in [5.41, 5.74) is 7.82. The molecular formula is C15H16FN3OS. The Bertz CT molecular complexity index is 683. The predicted molar refractivity (Wildman–Crippen MR) is 81.0 cm³/mol. The second kappa shape index (κ2) is 5.83. The van der Waals surface area contributed by atoms with Gasteiger partial charge in [0, 0.05) is 35.6 Å². The van der Waals surface area contributed by atoms with Crippen molar-refractivity contribution < 1.29 is 9.60 Å². The Balaban J connectivity index is 1.74. The van der Waals surface area contributed by atoms with Gasteiger partial charge in [0.15, 0.2) is 5.84 Å². The normalized spacial score (nSPS) is 16.0. The molecule has 1 aliphatic heterocycles. The van der Waals surface area contributed by atoms with E-state index in [1.807, 2.05) is 0 Å². The summed E-state index contributed by atoms with van der Waals surface area (Å²) in [6.07, 6.45) is 1.02. The lowest BCUT2D eigenvalue weighted by Gasteiger charge is -2.27. The van der Waals surface area contributed by atoms with E-state index >= 15 is 0 Å². The van der Waals surface area contributed by atoms with Crippen LogP contribution in [0.4, 0.5) is 4.39 Å². The summed E-state index contributed by atoms with van der Waals surface area (Å²) in [4.78, 5) is 3.67. The molecule has 0 radical (unpaired) electrons. The van der Waals surface area contributed by atoms with Crippen LogP contribution in [0.3, 0.4) is 0 Å². The zero-order valence-electron chi connectivity index (χ0n) is 11.4. The van der Waals surface area contributed by atoms with E-state index < -0.39 is 0 Å². The number of hydrogen-bond acceptors (Lipinski definition) is 4. The Labute approximate surface area is 126 Å². The second-order valence-electron chi connectivity index (χ2n) is 5.12. The van der Waals surface area contributed by atoms with Gasteiger partial charge in [-0.25, -0.2) is 4.39 Å². The minimum absolute atomic E-state index is 0.0821. The van der Waals surface area contributed by atoms with Crippen molar-refractivity contribution in [3.63, 3.8) is 0 Å². The molecule has 110 valence electrons. The number of nitrogens with two attached hydrogens (primary N) is 1. The molecule has 3 rings (SSSR count). The van der Waals surface area contributed by atoms with Crippen LogP contribution in [0.5, 0.6) is 0 Å². The molecule has 4 nitrogen and oxygen atoms in total. The van der Waals surface area contributed by atoms with E-state index in [1.165, 1.54) is 16.5 Å². The van der Waals surface area contributed by atoms with Gasteiger partial charge in [-0.05, 0) is 29.5 Å². The Morgan fingerprint density at radius 3 is 3.05 bits per heavy atom. The second-order valence-corrected chi connectivity index (χ2v) is 6.12. The van der Waals surface area contributed by atoms with Gasteiger partial charge in [0.05, 0.1) is 0 Å². The van der Waals surface area contributed by atoms with E-state index in [-0.39, 0.29) is 11.7 Å². The van der Waals surface area contributed by atoms with Crippen LogP contribution in [0, 0.1) is 5.82 Å². The topological polar surface area (TPSA) is 61.9 Å². The van der Waals surface area contributed by atoms with Crippen molar-refractivity contribution in [1.82, 2.24) is 4.90 Å². The van der Waals surface area contributed by atoms with E-state index in [4.69, 9.17) is 10.9 Å². The van der Waals surface area contributed by atoms with Crippen molar-refractivity contribution in [3.8, 4) is 0 Å². The molecule has 0 spiro atoms. The summed E-state index contributed by atoms with van der Waals surface area (Å²) < 4.78 is 14.1. The largest absolute Gasteiger partial charge is 0.409 e. The number of benzene rings is 1. The number of oxime groups is 1. The van der Waals surface area contributed by atoms with Crippen LogP contribution in [0.1, 0.15) is 21.6 Å². The van der Waals surface area contributed by atoms with E-state index in [2.05, 4.69) is 21.5 Å². The molecule has 21 heavy (non-hydrogen) atoms. The van der Waals surface area contributed by atoms with Gasteiger partial charge in [0.25, 0.3) is 0 Å². The van der Waals surface area contributed by atoms with E-state index in [9.17, 15) is 4.39 Å². The number of amidine groups is 1. The summed E-state index contributed by atoms with van der Waals surface area (Å²) in [7, 11) is 0. The van der Waals surface area contributed by atoms with Crippen molar-refractivity contribution in [2.24, 2.45) is 10.9 Å². The van der Waals surface area contributed by atoms with Crippen molar-refractivity contribution in [3.05, 3.63) is 57.0 Å². The van der Waals surface area contributed by atoms with Crippen LogP contribution in [0.2, 0.25) is 0 Å². The molecule has 1 aliphatic rings. The fraction of sp³-hybridized carbons (Fsp3) is 0.267. The molecule has 3 N–H and O–H groups in total. The van der Waals surface area contributed by atoms with Crippen molar-refractivity contribution >= 4 is 17.2 Å². The lowest BCUT2D eigenvalue weighted by Crippen LogP contribution is -2.29. The molecule has 1 aromatic heterocycles. The summed E-state index contributed by atoms with van der Waals surface area (Å²) in [6, 6.07) is 6.83. The Kier molecular flexibility index (Phi) is 3.90. The SMILES string of the molecule is N/C(=N\O)c1ccc(CN2CCc3sccc3C2)c(F)c1. The molecule has 0 aliphatic carbocycles. The van der Waals surface area contributed by atoms with Gasteiger partial charge < -0.3 is 10.9 Å². The first-order valence-corrected chi connectivity index (χ1v) is 7.59. The standard InChI is InChI=1S/C15H16FN3OS/c16-13-7-10(15(17)18-20)1-2-11(13)8-19-5-3-14-12(9-19)4-6-21-14/h1-2,4,6-7,20H,3,5,8-9H2,(H2,17,18). The summed E-state index contributed by atoms with van der Waals surface area (Å²) in [5, 5.41) is 13.6. The lowest BCUT2D eigenvalue weighted by atomic mass is 10.1. The van der Waals surface area contributed by atoms with Gasteiger partial charge in [0.1, 0.15) is 5.82 Å². The Morgan fingerprint density at radius 2 is 2.29 bits per heavy atom. The van der Waals surface area contributed by atoms with Crippen molar-refractivity contribution in [2.45, 2.75) is 19.5 Å². The molecular weight excluding hydrogens is 289 g/mol. The van der Waals surface area contributed by atoms with Gasteiger partial charge in [-0.3, -0.25) is 4.90 Å². The molecule has 0 saturated heterocycles. The average molecular weight is 305 g/mol. The monoisotopic (exact) mass is 305 g/mol. The molecule has 0 unspecified atom stereocenters. The molecule has 2 aromatic rings. The lowest BCUT2D eigenvalue weighted by molar-refractivity contribution is 0.244. The highest BCUT2D eigenvalue weighted by atomic mass is 32.1. The summed E-state index contributed by atoms with van der Waals surface area (Å²) in [6.45, 7) is 2.37. The average Bonchev–Trinajstić information content (AvgIpc) is 2.96. The van der Waals surface area contributed by atoms with Gasteiger partial charge in [-0.1, -0.05) is 17.3 Å². The highest BCUT2D eigenvalue weighted by Gasteiger charge is 2.18. The minimum Gasteiger partial charge on any atom is -0.409 e. The molecule has 0 bridgehead atoms. The number of thiophene rings is 1. The Morgan fingerprint density at radius 1 is 1.43 bits per heavy atom. The maximum absolute atomic E-state index is 14.1. The highest BCUT2D eigenvalue weighted by molar-refractivity contribution is 7.10. The maximum atomic E-state index is 14.1. The highest BCUT2D eigenvalue weighted by Crippen LogP contribution is 2.25. The van der Waals surface area contributed by atoms with Crippen LogP contribution in [0.15, 0.2) is 34.8 Å². The van der Waals surface area contributed by atoms with Gasteiger partial charge in [-0.2, -0.15) is 0 Å². The number of halogens is 1. The molecule has 2 heterocycles. The van der Waals surface area contributed by atoms with Gasteiger partial charge >= 0.3 is 0 Å². The predicted octanol–water partition coefficient (Wildman–Crippen LogP) is 2.54. The van der Waals surface area contributed by atoms with Crippen LogP contribution < -0.4 is 5.73 Å². The van der Waals surface area contributed by atoms with E-state index in [1.54, 1.807) is 23.5 Å². The molecule has 0 amide bonds. The maximum Gasteiger partial charge on any atom is 0.170 e. The van der Waals surface area contributed by atoms with Crippen molar-refractivity contribution in [1.29, 1.82) is 0 Å². The number of nitrogens with zero attached hydrogens (tertiary/aromatic N) is 2. The van der Waals surface area contributed by atoms with Crippen LogP contribution >= 0.6 is 11.3 Å². The van der Waals surface area contributed by atoms with Crippen LogP contribution in [-0.4, -0.2) is 22.5 Å². The molecule has 1 aromatic carbocycles. The van der Waals surface area contributed by atoms with Gasteiger partial charge in [0.2, 0.25) is 0 Å². The fourth-order valence-corrected chi connectivity index (χ4v) is 3.47. The molecule has 0 atom stereocenters. The van der Waals surface area contributed by atoms with E-state index in [0.717, 1.165) is 19.5 Å². The molecule has 6 heteroatoms. The molecule has 0 saturated carbocycles. The quantitative estimate of drug-likeness (QED) is 0.396. The molecule has 0 fully saturated rings. The zero-order chi connectivity index (χ0) is 14.8. The summed E-state index contributed by atoms with van der Waals surface area (Å²) >= 11 is 1.79. The first-order valence-electron chi connectivity index (χ1n) is 6.71. The summed E-state index contributed by atoms with van der Waals surface area (Å²) in [5.74, 6) is -0.406. The third kappa shape index (κ3) is 2.91. The third-order valence-electron chi connectivity index (χ3n) is 3.74. The fourth-order valence-electron chi connectivity index (χ4n) is 2.58. The number of rotatable bonds is 3. The minimum atomic E-state index is -0.324. The smallest absolute Gasteiger partial charge is 0.170 e. The first-order chi connectivity index (χ1) is 10.2. The third-order valence-corrected chi connectivity index (χ3v) is 4.76. The van der Waals surface area contributed by atoms with Crippen LogP contribution in [0.25, 0.3) is 0 Å². The number of hydrogen-bond donors (Lipinski definition) is 2. The zero-order valence-corrected chi connectivity index (χ0v) is 12.2. The van der Waals surface area contributed by atoms with E-state index in [0.29, 0.717) is 17.7 Å². The first kappa shape index (κ1) is 14.0. The Hall–Kier alpha value is -1.92. The van der Waals surface area contributed by atoms with Crippen molar-refractivity contribution in [2.75, 3.05) is 6.54 Å². The van der Waals surface area contributed by atoms with Crippen LogP contribution in [-0.2, 0) is 19.5 Å². The number of fused-ring (bicyclic) bond motifs is 1. The van der Waals surface area contributed by atoms with Gasteiger partial charge in [-0.15, -0.1) is 11.3 Å².